The zero-order chi connectivity index (χ0) is 18.2. The molecule has 2 N–H and O–H groups in total. The van der Waals surface area contributed by atoms with Crippen LogP contribution in [0.4, 0.5) is 11.4 Å². The number of nitro groups is 1. The number of amides is 2. The van der Waals surface area contributed by atoms with Gasteiger partial charge in [-0.2, -0.15) is 5.26 Å². The van der Waals surface area contributed by atoms with Crippen LogP contribution >= 0.6 is 0 Å². The monoisotopic (exact) mass is 338 g/mol. The Morgan fingerprint density at radius 2 is 1.88 bits per heavy atom. The highest BCUT2D eigenvalue weighted by Crippen LogP contribution is 2.12. The van der Waals surface area contributed by atoms with Crippen LogP contribution in [0.1, 0.15) is 22.3 Å². The summed E-state index contributed by atoms with van der Waals surface area (Å²) >= 11 is 0. The number of hydrogen-bond acceptors (Lipinski definition) is 5. The molecule has 0 aliphatic heterocycles. The number of anilines is 1. The van der Waals surface area contributed by atoms with Gasteiger partial charge in [0.1, 0.15) is 0 Å². The number of hydrogen-bond donors (Lipinski definition) is 2. The lowest BCUT2D eigenvalue weighted by Gasteiger charge is -2.07. The Labute approximate surface area is 143 Å². The minimum atomic E-state index is -0.548. The van der Waals surface area contributed by atoms with E-state index in [1.807, 2.05) is 6.07 Å². The molecule has 0 saturated carbocycles. The molecule has 0 radical (unpaired) electrons. The number of nitriles is 1. The first-order valence-electron chi connectivity index (χ1n) is 7.32. The number of carbonyl (C=O) groups is 2. The van der Waals surface area contributed by atoms with Crippen LogP contribution in [0, 0.1) is 21.4 Å². The molecule has 8 nitrogen and oxygen atoms in total. The van der Waals surface area contributed by atoms with E-state index in [0.29, 0.717) is 11.3 Å². The Bertz CT molecular complexity index is 840. The molecule has 0 bridgehead atoms. The third-order valence-corrected chi connectivity index (χ3v) is 3.25. The van der Waals surface area contributed by atoms with Crippen molar-refractivity contribution in [3.8, 4) is 6.07 Å². The minimum absolute atomic E-state index is 0.0511. The maximum atomic E-state index is 11.9. The zero-order valence-electron chi connectivity index (χ0n) is 13.1. The van der Waals surface area contributed by atoms with Gasteiger partial charge in [-0.15, -0.1) is 0 Å². The molecule has 0 saturated heterocycles. The fourth-order valence-corrected chi connectivity index (χ4v) is 2.02. The van der Waals surface area contributed by atoms with Crippen molar-refractivity contribution in [2.45, 2.75) is 6.42 Å². The Morgan fingerprint density at radius 1 is 1.16 bits per heavy atom. The number of nitrogens with one attached hydrogen (secondary N) is 2. The van der Waals surface area contributed by atoms with Gasteiger partial charge >= 0.3 is 0 Å². The van der Waals surface area contributed by atoms with Gasteiger partial charge in [0.2, 0.25) is 5.91 Å². The molecule has 0 aromatic heterocycles. The summed E-state index contributed by atoms with van der Waals surface area (Å²) in [7, 11) is 0. The van der Waals surface area contributed by atoms with Gasteiger partial charge in [-0.05, 0) is 30.3 Å². The van der Waals surface area contributed by atoms with Gasteiger partial charge in [0, 0.05) is 36.3 Å². The van der Waals surface area contributed by atoms with Crippen LogP contribution < -0.4 is 10.6 Å². The Morgan fingerprint density at radius 3 is 2.52 bits per heavy atom. The van der Waals surface area contributed by atoms with E-state index < -0.39 is 10.8 Å². The molecule has 2 aromatic carbocycles. The summed E-state index contributed by atoms with van der Waals surface area (Å²) in [5.74, 6) is -0.728. The minimum Gasteiger partial charge on any atom is -0.352 e. The number of carbonyl (C=O) groups excluding carboxylic acids is 2. The molecule has 0 heterocycles. The van der Waals surface area contributed by atoms with Gasteiger partial charge in [-0.3, -0.25) is 19.7 Å². The van der Waals surface area contributed by atoms with E-state index in [9.17, 15) is 19.7 Å². The van der Waals surface area contributed by atoms with E-state index in [4.69, 9.17) is 5.26 Å². The molecule has 126 valence electrons. The van der Waals surface area contributed by atoms with E-state index in [1.165, 1.54) is 24.3 Å². The summed E-state index contributed by atoms with van der Waals surface area (Å²) in [6, 6.07) is 13.6. The lowest BCUT2D eigenvalue weighted by molar-refractivity contribution is -0.384. The number of rotatable bonds is 6. The first-order chi connectivity index (χ1) is 12.0. The first kappa shape index (κ1) is 17.6. The van der Waals surface area contributed by atoms with Crippen LogP contribution in [0.15, 0.2) is 48.5 Å². The second-order valence-corrected chi connectivity index (χ2v) is 5.05. The van der Waals surface area contributed by atoms with Crippen molar-refractivity contribution >= 4 is 23.2 Å². The molecule has 25 heavy (non-hydrogen) atoms. The summed E-state index contributed by atoms with van der Waals surface area (Å²) in [6.45, 7) is 0.111. The summed E-state index contributed by atoms with van der Waals surface area (Å²) in [5, 5.41) is 24.6. The highest BCUT2D eigenvalue weighted by molar-refractivity contribution is 5.95. The fourth-order valence-electron chi connectivity index (χ4n) is 2.02. The molecule has 0 atom stereocenters. The van der Waals surface area contributed by atoms with Crippen LogP contribution in [0.5, 0.6) is 0 Å². The summed E-state index contributed by atoms with van der Waals surface area (Å²) in [6.07, 6.45) is 0.0511. The van der Waals surface area contributed by atoms with Crippen molar-refractivity contribution in [1.82, 2.24) is 5.32 Å². The molecule has 8 heteroatoms. The summed E-state index contributed by atoms with van der Waals surface area (Å²) < 4.78 is 0. The van der Waals surface area contributed by atoms with E-state index >= 15 is 0 Å². The van der Waals surface area contributed by atoms with Crippen LogP contribution in [-0.2, 0) is 4.79 Å². The molecule has 2 rings (SSSR count). The second-order valence-electron chi connectivity index (χ2n) is 5.05. The summed E-state index contributed by atoms with van der Waals surface area (Å²) in [5.41, 5.74) is 1.11. The first-order valence-corrected chi connectivity index (χ1v) is 7.32. The van der Waals surface area contributed by atoms with Crippen LogP contribution in [0.25, 0.3) is 0 Å². The largest absolute Gasteiger partial charge is 0.352 e. The van der Waals surface area contributed by atoms with E-state index in [0.717, 1.165) is 0 Å². The molecule has 0 spiro atoms. The summed E-state index contributed by atoms with van der Waals surface area (Å²) in [4.78, 5) is 33.7. The molecule has 2 aromatic rings. The third kappa shape index (κ3) is 5.14. The maximum absolute atomic E-state index is 11.9. The van der Waals surface area contributed by atoms with Crippen molar-refractivity contribution < 1.29 is 14.5 Å². The topological polar surface area (TPSA) is 125 Å². The second kappa shape index (κ2) is 8.21. The fraction of sp³-hybridized carbons (Fsp3) is 0.118. The lowest BCUT2D eigenvalue weighted by Crippen LogP contribution is -2.27. The quantitative estimate of drug-likeness (QED) is 0.617. The van der Waals surface area contributed by atoms with E-state index in [2.05, 4.69) is 10.6 Å². The van der Waals surface area contributed by atoms with Crippen LogP contribution in [0.2, 0.25) is 0 Å². The molecular weight excluding hydrogens is 324 g/mol. The van der Waals surface area contributed by atoms with E-state index in [1.54, 1.807) is 24.3 Å². The predicted octanol–water partition coefficient (Wildman–Crippen LogP) is 2.23. The molecule has 0 aliphatic carbocycles. The van der Waals surface area contributed by atoms with Crippen LogP contribution in [-0.4, -0.2) is 23.3 Å². The molecule has 2 amide bonds. The van der Waals surface area contributed by atoms with Gasteiger partial charge in [0.15, 0.2) is 0 Å². The number of nitro benzene ring substituents is 1. The number of benzene rings is 2. The Hall–Kier alpha value is -3.73. The van der Waals surface area contributed by atoms with Gasteiger partial charge < -0.3 is 10.6 Å². The average molecular weight is 338 g/mol. The SMILES string of the molecule is N#Cc1cccc(NC(=O)CCNC(=O)c2ccc([N+](=O)[O-])cc2)c1. The van der Waals surface area contributed by atoms with E-state index in [-0.39, 0.29) is 30.1 Å². The van der Waals surface area contributed by atoms with Crippen molar-refractivity contribution in [3.63, 3.8) is 0 Å². The molecular formula is C17H14N4O4. The van der Waals surface area contributed by atoms with Crippen molar-refractivity contribution in [3.05, 3.63) is 69.8 Å². The smallest absolute Gasteiger partial charge is 0.269 e. The Balaban J connectivity index is 1.81. The van der Waals surface area contributed by atoms with Gasteiger partial charge in [-0.1, -0.05) is 6.07 Å². The molecule has 0 unspecified atom stereocenters. The van der Waals surface area contributed by atoms with Crippen LogP contribution in [0.3, 0.4) is 0 Å². The number of non-ortho nitro benzene ring substituents is 1. The Kier molecular flexibility index (Phi) is 5.79. The lowest BCUT2D eigenvalue weighted by atomic mass is 10.2. The molecule has 0 aliphatic rings. The third-order valence-electron chi connectivity index (χ3n) is 3.25. The maximum Gasteiger partial charge on any atom is 0.269 e. The van der Waals surface area contributed by atoms with Gasteiger partial charge in [0.25, 0.3) is 11.6 Å². The van der Waals surface area contributed by atoms with Gasteiger partial charge in [0.05, 0.1) is 16.6 Å². The molecule has 0 fully saturated rings. The number of nitrogens with zero attached hydrogens (tertiary/aromatic N) is 2. The van der Waals surface area contributed by atoms with Crippen molar-refractivity contribution in [2.75, 3.05) is 11.9 Å². The average Bonchev–Trinajstić information content (AvgIpc) is 2.61. The van der Waals surface area contributed by atoms with Crippen molar-refractivity contribution in [1.29, 1.82) is 5.26 Å². The predicted molar refractivity (Wildman–Crippen MR) is 89.8 cm³/mol. The highest BCUT2D eigenvalue weighted by Gasteiger charge is 2.10. The standard InChI is InChI=1S/C17H14N4O4/c18-11-12-2-1-3-14(10-12)20-16(22)8-9-19-17(23)13-4-6-15(7-5-13)21(24)25/h1-7,10H,8-9H2,(H,19,23)(H,20,22). The normalized spacial score (nSPS) is 9.72. The highest BCUT2D eigenvalue weighted by atomic mass is 16.6. The zero-order valence-corrected chi connectivity index (χ0v) is 13.1. The van der Waals surface area contributed by atoms with Gasteiger partial charge in [-0.25, -0.2) is 0 Å². The van der Waals surface area contributed by atoms with Crippen molar-refractivity contribution in [2.24, 2.45) is 0 Å².